The number of aryl methyl sites for hydroxylation is 1. The Balaban J connectivity index is 2.45. The van der Waals surface area contributed by atoms with Gasteiger partial charge in [-0.25, -0.2) is 0 Å². The van der Waals surface area contributed by atoms with Crippen LogP contribution in [0.25, 0.3) is 0 Å². The van der Waals surface area contributed by atoms with E-state index in [0.29, 0.717) is 11.4 Å². The van der Waals surface area contributed by atoms with Crippen LogP contribution in [0.2, 0.25) is 0 Å². The fourth-order valence-corrected chi connectivity index (χ4v) is 2.71. The van der Waals surface area contributed by atoms with Gasteiger partial charge in [-0.2, -0.15) is 10.4 Å². The van der Waals surface area contributed by atoms with E-state index in [1.165, 1.54) is 4.88 Å². The highest BCUT2D eigenvalue weighted by Crippen LogP contribution is 2.25. The number of hydrogen-bond acceptors (Lipinski definition) is 5. The lowest BCUT2D eigenvalue weighted by Gasteiger charge is -2.28. The molecule has 0 unspecified atom stereocenters. The zero-order valence-electron chi connectivity index (χ0n) is 12.2. The van der Waals surface area contributed by atoms with Crippen molar-refractivity contribution in [3.8, 4) is 6.07 Å². The van der Waals surface area contributed by atoms with Crippen LogP contribution in [0.3, 0.4) is 0 Å². The van der Waals surface area contributed by atoms with E-state index in [2.05, 4.69) is 46.5 Å². The first kappa shape index (κ1) is 14.5. The molecule has 0 aliphatic heterocycles. The van der Waals surface area contributed by atoms with Crippen molar-refractivity contribution in [3.05, 3.63) is 39.2 Å². The summed E-state index contributed by atoms with van der Waals surface area (Å²) in [4.78, 5) is 3.38. The standard InChI is InChI=1S/C15H18N4S/c1-10(2)19(9-13-6-5-7-20-13)15-14(8-16)11(3)12(4)17-18-15/h5-7,10H,9H2,1-4H3. The summed E-state index contributed by atoms with van der Waals surface area (Å²) < 4.78 is 0. The number of thiophene rings is 1. The summed E-state index contributed by atoms with van der Waals surface area (Å²) in [5.41, 5.74) is 2.35. The zero-order chi connectivity index (χ0) is 14.7. The molecule has 0 saturated heterocycles. The average Bonchev–Trinajstić information content (AvgIpc) is 2.92. The maximum absolute atomic E-state index is 9.44. The van der Waals surface area contributed by atoms with E-state index in [0.717, 1.165) is 17.8 Å². The van der Waals surface area contributed by atoms with Crippen LogP contribution >= 0.6 is 11.3 Å². The molecule has 4 nitrogen and oxygen atoms in total. The molecular weight excluding hydrogens is 268 g/mol. The second-order valence-electron chi connectivity index (χ2n) is 5.02. The van der Waals surface area contributed by atoms with Crippen molar-refractivity contribution in [3.63, 3.8) is 0 Å². The molecule has 0 amide bonds. The predicted octanol–water partition coefficient (Wildman–Crippen LogP) is 3.44. The van der Waals surface area contributed by atoms with Gasteiger partial charge in [0.1, 0.15) is 11.6 Å². The van der Waals surface area contributed by atoms with Gasteiger partial charge >= 0.3 is 0 Å². The first-order valence-corrected chi connectivity index (χ1v) is 7.45. The summed E-state index contributed by atoms with van der Waals surface area (Å²) in [5, 5.41) is 19.9. The quantitative estimate of drug-likeness (QED) is 0.864. The SMILES string of the molecule is Cc1nnc(N(Cc2cccs2)C(C)C)c(C#N)c1C. The summed E-state index contributed by atoms with van der Waals surface area (Å²) >= 11 is 1.71. The van der Waals surface area contributed by atoms with Gasteiger partial charge in [-0.1, -0.05) is 6.07 Å². The number of aromatic nitrogens is 2. The molecule has 104 valence electrons. The van der Waals surface area contributed by atoms with Crippen molar-refractivity contribution < 1.29 is 0 Å². The molecular formula is C15H18N4S. The van der Waals surface area contributed by atoms with E-state index in [-0.39, 0.29) is 6.04 Å². The molecule has 20 heavy (non-hydrogen) atoms. The summed E-state index contributed by atoms with van der Waals surface area (Å²) in [6.07, 6.45) is 0. The van der Waals surface area contributed by atoms with Gasteiger partial charge in [-0.05, 0) is 44.7 Å². The summed E-state index contributed by atoms with van der Waals surface area (Å²) in [6, 6.07) is 6.66. The van der Waals surface area contributed by atoms with E-state index in [1.807, 2.05) is 19.9 Å². The monoisotopic (exact) mass is 286 g/mol. The molecule has 2 aromatic heterocycles. The molecule has 0 radical (unpaired) electrons. The van der Waals surface area contributed by atoms with E-state index in [1.54, 1.807) is 11.3 Å². The number of nitriles is 1. The maximum atomic E-state index is 9.44. The molecule has 2 heterocycles. The summed E-state index contributed by atoms with van der Waals surface area (Å²) in [5.74, 6) is 0.680. The Hall–Kier alpha value is -1.93. The second-order valence-corrected chi connectivity index (χ2v) is 6.05. The molecule has 0 fully saturated rings. The van der Waals surface area contributed by atoms with E-state index >= 15 is 0 Å². The van der Waals surface area contributed by atoms with Crippen LogP contribution in [0.4, 0.5) is 5.82 Å². The predicted molar refractivity (Wildman–Crippen MR) is 81.9 cm³/mol. The lowest BCUT2D eigenvalue weighted by molar-refractivity contribution is 0.667. The molecule has 2 rings (SSSR count). The van der Waals surface area contributed by atoms with Crippen molar-refractivity contribution in [1.82, 2.24) is 10.2 Å². The van der Waals surface area contributed by atoms with Crippen LogP contribution in [0.15, 0.2) is 17.5 Å². The van der Waals surface area contributed by atoms with Crippen LogP contribution in [0.1, 0.15) is 35.5 Å². The van der Waals surface area contributed by atoms with Gasteiger partial charge in [0.15, 0.2) is 5.82 Å². The Morgan fingerprint density at radius 3 is 2.65 bits per heavy atom. The Morgan fingerprint density at radius 2 is 2.10 bits per heavy atom. The van der Waals surface area contributed by atoms with Crippen molar-refractivity contribution in [2.75, 3.05) is 4.90 Å². The van der Waals surface area contributed by atoms with Crippen LogP contribution in [-0.2, 0) is 6.54 Å². The second kappa shape index (κ2) is 6.02. The highest BCUT2D eigenvalue weighted by molar-refractivity contribution is 7.09. The van der Waals surface area contributed by atoms with Crippen LogP contribution in [0, 0.1) is 25.2 Å². The molecule has 0 aliphatic carbocycles. The third-order valence-corrected chi connectivity index (χ3v) is 4.21. The van der Waals surface area contributed by atoms with Gasteiger partial charge in [0.2, 0.25) is 0 Å². The Morgan fingerprint density at radius 1 is 1.35 bits per heavy atom. The first-order valence-electron chi connectivity index (χ1n) is 6.57. The highest BCUT2D eigenvalue weighted by Gasteiger charge is 2.20. The first-order chi connectivity index (χ1) is 9.54. The molecule has 0 bridgehead atoms. The molecule has 0 aromatic carbocycles. The molecule has 0 N–H and O–H groups in total. The fourth-order valence-electron chi connectivity index (χ4n) is 2.00. The Bertz CT molecular complexity index is 626. The van der Waals surface area contributed by atoms with Crippen LogP contribution < -0.4 is 4.90 Å². The summed E-state index contributed by atoms with van der Waals surface area (Å²) in [7, 11) is 0. The van der Waals surface area contributed by atoms with Gasteiger partial charge in [0, 0.05) is 10.9 Å². The van der Waals surface area contributed by atoms with Crippen LogP contribution in [-0.4, -0.2) is 16.2 Å². The maximum Gasteiger partial charge on any atom is 0.170 e. The van der Waals surface area contributed by atoms with Gasteiger partial charge < -0.3 is 4.90 Å². The summed E-state index contributed by atoms with van der Waals surface area (Å²) in [6.45, 7) is 8.76. The highest BCUT2D eigenvalue weighted by atomic mass is 32.1. The largest absolute Gasteiger partial charge is 0.346 e. The molecule has 0 saturated carbocycles. The number of rotatable bonds is 4. The molecule has 0 atom stereocenters. The van der Waals surface area contributed by atoms with Gasteiger partial charge in [-0.15, -0.1) is 16.4 Å². The van der Waals surface area contributed by atoms with E-state index in [9.17, 15) is 5.26 Å². The normalized spacial score (nSPS) is 10.6. The van der Waals surface area contributed by atoms with Crippen molar-refractivity contribution in [1.29, 1.82) is 5.26 Å². The minimum Gasteiger partial charge on any atom is -0.346 e. The van der Waals surface area contributed by atoms with E-state index in [4.69, 9.17) is 0 Å². The molecule has 5 heteroatoms. The minimum atomic E-state index is 0.251. The fraction of sp³-hybridized carbons (Fsp3) is 0.400. The van der Waals surface area contributed by atoms with Crippen molar-refractivity contribution in [2.45, 2.75) is 40.3 Å². The number of nitrogens with zero attached hydrogens (tertiary/aromatic N) is 4. The van der Waals surface area contributed by atoms with Crippen molar-refractivity contribution in [2.24, 2.45) is 0 Å². The lowest BCUT2D eigenvalue weighted by atomic mass is 10.1. The smallest absolute Gasteiger partial charge is 0.170 e. The van der Waals surface area contributed by atoms with Gasteiger partial charge in [-0.3, -0.25) is 0 Å². The Kier molecular flexibility index (Phi) is 4.35. The lowest BCUT2D eigenvalue weighted by Crippen LogP contribution is -2.32. The average molecular weight is 286 g/mol. The van der Waals surface area contributed by atoms with Crippen molar-refractivity contribution >= 4 is 17.2 Å². The molecule has 2 aromatic rings. The minimum absolute atomic E-state index is 0.251. The van der Waals surface area contributed by atoms with E-state index < -0.39 is 0 Å². The Labute approximate surface area is 123 Å². The van der Waals surface area contributed by atoms with Gasteiger partial charge in [0.25, 0.3) is 0 Å². The third kappa shape index (κ3) is 2.81. The topological polar surface area (TPSA) is 52.8 Å². The number of anilines is 1. The molecule has 0 spiro atoms. The molecule has 0 aliphatic rings. The number of hydrogen-bond donors (Lipinski definition) is 0. The zero-order valence-corrected chi connectivity index (χ0v) is 13.0. The third-order valence-electron chi connectivity index (χ3n) is 3.35. The van der Waals surface area contributed by atoms with Gasteiger partial charge in [0.05, 0.1) is 12.2 Å². The van der Waals surface area contributed by atoms with Crippen LogP contribution in [0.5, 0.6) is 0 Å².